The summed E-state index contributed by atoms with van der Waals surface area (Å²) in [4.78, 5) is 31.4. The van der Waals surface area contributed by atoms with Gasteiger partial charge in [-0.3, -0.25) is 14.5 Å². The van der Waals surface area contributed by atoms with Gasteiger partial charge in [0.15, 0.2) is 0 Å². The minimum Gasteiger partial charge on any atom is -0.393 e. The van der Waals surface area contributed by atoms with Crippen LogP contribution in [0, 0.1) is 5.92 Å². The summed E-state index contributed by atoms with van der Waals surface area (Å²) in [5.74, 6) is -1.59. The van der Waals surface area contributed by atoms with E-state index >= 15 is 0 Å². The van der Waals surface area contributed by atoms with Gasteiger partial charge in [0.2, 0.25) is 5.91 Å². The number of aliphatic hydroxyl groups is 1. The zero-order valence-electron chi connectivity index (χ0n) is 22.0. The first kappa shape index (κ1) is 29.2. The molecule has 0 spiro atoms. The average molecular weight is 598 g/mol. The number of rotatable bonds is 5. The molecule has 6 nitrogen and oxygen atoms in total. The molecule has 3 heterocycles. The van der Waals surface area contributed by atoms with Crippen molar-refractivity contribution in [2.45, 2.75) is 57.0 Å². The van der Waals surface area contributed by atoms with Crippen molar-refractivity contribution in [2.75, 3.05) is 32.7 Å². The Balaban J connectivity index is 1.22. The van der Waals surface area contributed by atoms with Crippen LogP contribution in [0.2, 0.25) is 10.0 Å². The normalized spacial score (nSPS) is 21.9. The van der Waals surface area contributed by atoms with Gasteiger partial charge in [-0.15, -0.1) is 0 Å². The van der Waals surface area contributed by atoms with Crippen LogP contribution in [0.1, 0.15) is 48.0 Å². The highest BCUT2D eigenvalue weighted by Crippen LogP contribution is 2.36. The molecule has 1 atom stereocenters. The van der Waals surface area contributed by atoms with E-state index in [9.17, 15) is 27.9 Å². The van der Waals surface area contributed by atoms with Crippen LogP contribution in [-0.4, -0.2) is 82.7 Å². The van der Waals surface area contributed by atoms with Crippen LogP contribution in [-0.2, 0) is 11.3 Å². The Morgan fingerprint density at radius 1 is 0.875 bits per heavy atom. The van der Waals surface area contributed by atoms with Crippen LogP contribution in [0.5, 0.6) is 0 Å². The summed E-state index contributed by atoms with van der Waals surface area (Å²) in [5.41, 5.74) is 2.62. The number of benzene rings is 2. The molecule has 0 saturated carbocycles. The fraction of sp³-hybridized carbons (Fsp3) is 0.517. The zero-order chi connectivity index (χ0) is 28.6. The lowest BCUT2D eigenvalue weighted by Gasteiger charge is -2.33. The second-order valence-corrected chi connectivity index (χ2v) is 11.7. The molecule has 3 aliphatic heterocycles. The Bertz CT molecular complexity index is 1220. The van der Waals surface area contributed by atoms with E-state index in [2.05, 4.69) is 4.90 Å². The van der Waals surface area contributed by atoms with Crippen molar-refractivity contribution in [3.05, 3.63) is 57.6 Å². The van der Waals surface area contributed by atoms with Gasteiger partial charge in [0.25, 0.3) is 5.91 Å². The van der Waals surface area contributed by atoms with E-state index in [-0.39, 0.29) is 49.9 Å². The maximum absolute atomic E-state index is 13.1. The lowest BCUT2D eigenvalue weighted by Crippen LogP contribution is -2.46. The Morgan fingerprint density at radius 3 is 2.05 bits per heavy atom. The van der Waals surface area contributed by atoms with E-state index in [1.54, 1.807) is 41.3 Å². The van der Waals surface area contributed by atoms with Crippen molar-refractivity contribution in [1.82, 2.24) is 14.7 Å². The second-order valence-electron chi connectivity index (χ2n) is 10.9. The van der Waals surface area contributed by atoms with Gasteiger partial charge in [0, 0.05) is 60.4 Å². The van der Waals surface area contributed by atoms with Gasteiger partial charge in [-0.2, -0.15) is 13.2 Å². The fourth-order valence-electron chi connectivity index (χ4n) is 5.93. The molecule has 3 aliphatic rings. The number of amides is 2. The van der Waals surface area contributed by atoms with Gasteiger partial charge in [0.1, 0.15) is 0 Å². The number of carbonyl (C=O) groups excluding carboxylic acids is 2. The van der Waals surface area contributed by atoms with E-state index in [4.69, 9.17) is 23.2 Å². The van der Waals surface area contributed by atoms with Crippen molar-refractivity contribution in [3.63, 3.8) is 0 Å². The highest BCUT2D eigenvalue weighted by atomic mass is 35.5. The first-order valence-electron chi connectivity index (χ1n) is 13.7. The van der Waals surface area contributed by atoms with Crippen molar-refractivity contribution in [2.24, 2.45) is 5.92 Å². The quantitative estimate of drug-likeness (QED) is 0.485. The van der Waals surface area contributed by atoms with Gasteiger partial charge >= 0.3 is 6.18 Å². The Hall–Kier alpha value is -2.33. The number of likely N-dealkylation sites (tertiary alicyclic amines) is 3. The van der Waals surface area contributed by atoms with Crippen LogP contribution >= 0.6 is 23.2 Å². The van der Waals surface area contributed by atoms with Crippen LogP contribution in [0.3, 0.4) is 0 Å². The molecule has 0 radical (unpaired) electrons. The number of hydrogen-bond donors (Lipinski definition) is 1. The highest BCUT2D eigenvalue weighted by Gasteiger charge is 2.42. The molecule has 40 heavy (non-hydrogen) atoms. The number of nitrogens with zero attached hydrogens (tertiary/aromatic N) is 3. The Kier molecular flexibility index (Phi) is 8.66. The molecule has 0 bridgehead atoms. The second kappa shape index (κ2) is 11.9. The molecule has 3 fully saturated rings. The summed E-state index contributed by atoms with van der Waals surface area (Å²) in [6.45, 7) is 2.51. The van der Waals surface area contributed by atoms with Crippen LogP contribution in [0.15, 0.2) is 36.4 Å². The molecule has 2 aromatic carbocycles. The standard InChI is InChI=1S/C29H32Cl2F3N3O3/c30-24-15-20(18-1-3-19(4-2-18)27(39)36-10-5-21(6-11-36)29(32,33)34)16-25(31)23(24)17-37-14-9-26(28(37)40)35-12-7-22(38)8-13-35/h1-4,15-16,21-22,26,38H,5-14,17H2. The van der Waals surface area contributed by atoms with Gasteiger partial charge in [-0.25, -0.2) is 0 Å². The van der Waals surface area contributed by atoms with E-state index in [0.717, 1.165) is 17.5 Å². The highest BCUT2D eigenvalue weighted by molar-refractivity contribution is 6.36. The van der Waals surface area contributed by atoms with Crippen LogP contribution in [0.4, 0.5) is 13.2 Å². The third-order valence-corrected chi connectivity index (χ3v) is 9.08. The Morgan fingerprint density at radius 2 is 1.48 bits per heavy atom. The Labute approximate surface area is 241 Å². The summed E-state index contributed by atoms with van der Waals surface area (Å²) in [7, 11) is 0. The molecule has 2 amide bonds. The van der Waals surface area contributed by atoms with Gasteiger partial charge in [-0.05, 0) is 67.5 Å². The molecule has 0 aliphatic carbocycles. The maximum Gasteiger partial charge on any atom is 0.391 e. The maximum atomic E-state index is 13.1. The summed E-state index contributed by atoms with van der Waals surface area (Å²) >= 11 is 13.3. The van der Waals surface area contributed by atoms with Crippen LogP contribution in [0.25, 0.3) is 11.1 Å². The number of carbonyl (C=O) groups is 2. The molecule has 3 saturated heterocycles. The molecule has 1 N–H and O–H groups in total. The summed E-state index contributed by atoms with van der Waals surface area (Å²) in [6.07, 6.45) is -2.59. The van der Waals surface area contributed by atoms with Crippen LogP contribution < -0.4 is 0 Å². The zero-order valence-corrected chi connectivity index (χ0v) is 23.5. The molecular formula is C29H32Cl2F3N3O3. The van der Waals surface area contributed by atoms with Gasteiger partial charge in [-0.1, -0.05) is 35.3 Å². The fourth-order valence-corrected chi connectivity index (χ4v) is 6.53. The minimum atomic E-state index is -4.22. The summed E-state index contributed by atoms with van der Waals surface area (Å²) in [6, 6.07) is 10.2. The third-order valence-electron chi connectivity index (χ3n) is 8.41. The third kappa shape index (κ3) is 6.27. The average Bonchev–Trinajstić information content (AvgIpc) is 3.30. The molecule has 1 unspecified atom stereocenters. The lowest BCUT2D eigenvalue weighted by molar-refractivity contribution is -0.183. The first-order chi connectivity index (χ1) is 19.0. The number of piperidine rings is 2. The molecule has 11 heteroatoms. The van der Waals surface area contributed by atoms with Crippen molar-refractivity contribution in [1.29, 1.82) is 0 Å². The van der Waals surface area contributed by atoms with Gasteiger partial charge in [0.05, 0.1) is 18.1 Å². The molecule has 2 aromatic rings. The van der Waals surface area contributed by atoms with Crippen molar-refractivity contribution < 1.29 is 27.9 Å². The predicted octanol–water partition coefficient (Wildman–Crippen LogP) is 5.63. The van der Waals surface area contributed by atoms with Crippen molar-refractivity contribution in [3.8, 4) is 11.1 Å². The monoisotopic (exact) mass is 597 g/mol. The number of halogens is 5. The van der Waals surface area contributed by atoms with Crippen molar-refractivity contribution >= 4 is 35.0 Å². The number of alkyl halides is 3. The largest absolute Gasteiger partial charge is 0.393 e. The molecular weight excluding hydrogens is 566 g/mol. The smallest absolute Gasteiger partial charge is 0.391 e. The lowest BCUT2D eigenvalue weighted by atomic mass is 9.95. The number of hydrogen-bond acceptors (Lipinski definition) is 4. The van der Waals surface area contributed by atoms with E-state index in [1.165, 1.54) is 4.90 Å². The molecule has 216 valence electrons. The molecule has 5 rings (SSSR count). The van der Waals surface area contributed by atoms with E-state index < -0.39 is 12.1 Å². The SMILES string of the molecule is O=C(c1ccc(-c2cc(Cl)c(CN3CCC(N4CCC(O)CC4)C3=O)c(Cl)c2)cc1)N1CCC(C(F)(F)F)CC1. The molecule has 0 aromatic heterocycles. The predicted molar refractivity (Wildman–Crippen MR) is 147 cm³/mol. The number of aliphatic hydroxyl groups excluding tert-OH is 1. The van der Waals surface area contributed by atoms with E-state index in [1.807, 2.05) is 0 Å². The first-order valence-corrected chi connectivity index (χ1v) is 14.4. The topological polar surface area (TPSA) is 64.1 Å². The summed E-state index contributed by atoms with van der Waals surface area (Å²) < 4.78 is 38.8. The minimum absolute atomic E-state index is 0.0514. The summed E-state index contributed by atoms with van der Waals surface area (Å²) in [5, 5.41) is 10.6. The van der Waals surface area contributed by atoms with Gasteiger partial charge < -0.3 is 14.9 Å². The van der Waals surface area contributed by atoms with E-state index in [0.29, 0.717) is 60.2 Å².